The first kappa shape index (κ1) is 8.56. The van der Waals surface area contributed by atoms with Gasteiger partial charge >= 0.3 is 5.69 Å². The Labute approximate surface area is 76.8 Å². The molecular weight excluding hydrogens is 166 g/mol. The zero-order chi connectivity index (χ0) is 9.47. The van der Waals surface area contributed by atoms with Gasteiger partial charge in [0.2, 0.25) is 0 Å². The number of rotatable bonds is 3. The molecule has 4 heteroatoms. The summed E-state index contributed by atoms with van der Waals surface area (Å²) < 4.78 is 1.73. The van der Waals surface area contributed by atoms with Crippen molar-refractivity contribution >= 4 is 0 Å². The van der Waals surface area contributed by atoms with E-state index in [1.54, 1.807) is 17.0 Å². The van der Waals surface area contributed by atoms with Crippen molar-refractivity contribution in [3.05, 3.63) is 22.9 Å². The molecule has 0 amide bonds. The Morgan fingerprint density at radius 2 is 2.46 bits per heavy atom. The molecule has 0 bridgehead atoms. The Kier molecular flexibility index (Phi) is 1.80. The minimum Gasteiger partial charge on any atom is -0.328 e. The van der Waals surface area contributed by atoms with Crippen molar-refractivity contribution in [2.24, 2.45) is 11.7 Å². The summed E-state index contributed by atoms with van der Waals surface area (Å²) in [4.78, 5) is 14.1. The lowest BCUT2D eigenvalue weighted by molar-refractivity contribution is 0.273. The van der Waals surface area contributed by atoms with Crippen LogP contribution in [0, 0.1) is 5.92 Å². The van der Waals surface area contributed by atoms with Gasteiger partial charge in [-0.2, -0.15) is 0 Å². The number of imidazole rings is 1. The Hall–Kier alpha value is -1.03. The van der Waals surface area contributed by atoms with E-state index < -0.39 is 0 Å². The Balaban J connectivity index is 2.41. The Morgan fingerprint density at radius 3 is 2.85 bits per heavy atom. The van der Waals surface area contributed by atoms with Crippen LogP contribution in [0.1, 0.15) is 19.8 Å². The molecule has 1 fully saturated rings. The lowest BCUT2D eigenvalue weighted by Gasteiger charge is -2.28. The third-order valence-electron chi connectivity index (χ3n) is 3.07. The molecule has 0 spiro atoms. The molecule has 1 unspecified atom stereocenters. The minimum absolute atomic E-state index is 0.0557. The summed E-state index contributed by atoms with van der Waals surface area (Å²) in [5, 5.41) is 0. The van der Waals surface area contributed by atoms with Crippen LogP contribution >= 0.6 is 0 Å². The zero-order valence-electron chi connectivity index (χ0n) is 7.79. The van der Waals surface area contributed by atoms with Gasteiger partial charge in [-0.1, -0.05) is 0 Å². The first-order valence-electron chi connectivity index (χ1n) is 4.65. The standard InChI is InChI=1S/C9H15N3O/c1-9(6-10,7-2-3-7)12-5-4-11-8(12)13/h4-5,7H,2-3,6,10H2,1H3,(H,11,13). The van der Waals surface area contributed by atoms with Gasteiger partial charge in [0.25, 0.3) is 0 Å². The molecule has 1 saturated carbocycles. The molecule has 72 valence electrons. The predicted molar refractivity (Wildman–Crippen MR) is 50.5 cm³/mol. The van der Waals surface area contributed by atoms with Crippen LogP contribution in [0.15, 0.2) is 17.2 Å². The minimum atomic E-state index is -0.183. The Bertz CT molecular complexity index is 350. The summed E-state index contributed by atoms with van der Waals surface area (Å²) in [5.74, 6) is 0.575. The van der Waals surface area contributed by atoms with Crippen molar-refractivity contribution in [1.29, 1.82) is 0 Å². The third kappa shape index (κ3) is 1.21. The third-order valence-corrected chi connectivity index (χ3v) is 3.07. The largest absolute Gasteiger partial charge is 0.328 e. The first-order chi connectivity index (χ1) is 6.18. The quantitative estimate of drug-likeness (QED) is 0.702. The van der Waals surface area contributed by atoms with Gasteiger partial charge in [-0.15, -0.1) is 0 Å². The van der Waals surface area contributed by atoms with Crippen LogP contribution in [0.2, 0.25) is 0 Å². The molecule has 0 aromatic carbocycles. The number of nitrogens with one attached hydrogen (secondary N) is 1. The van der Waals surface area contributed by atoms with E-state index in [9.17, 15) is 4.79 Å². The Morgan fingerprint density at radius 1 is 1.77 bits per heavy atom. The number of aromatic nitrogens is 2. The molecule has 4 nitrogen and oxygen atoms in total. The number of nitrogens with two attached hydrogens (primary N) is 1. The molecule has 1 aromatic heterocycles. The van der Waals surface area contributed by atoms with Gasteiger partial charge in [-0.05, 0) is 25.7 Å². The average Bonchev–Trinajstić information content (AvgIpc) is 2.89. The summed E-state index contributed by atoms with van der Waals surface area (Å²) >= 11 is 0. The highest BCUT2D eigenvalue weighted by Crippen LogP contribution is 2.42. The van der Waals surface area contributed by atoms with E-state index in [2.05, 4.69) is 11.9 Å². The summed E-state index contributed by atoms with van der Waals surface area (Å²) in [5.41, 5.74) is 5.50. The maximum Gasteiger partial charge on any atom is 0.326 e. The van der Waals surface area contributed by atoms with Gasteiger partial charge in [-0.25, -0.2) is 4.79 Å². The molecule has 1 atom stereocenters. The van der Waals surface area contributed by atoms with E-state index in [4.69, 9.17) is 5.73 Å². The summed E-state index contributed by atoms with van der Waals surface area (Å²) in [6, 6.07) is 0. The fraction of sp³-hybridized carbons (Fsp3) is 0.667. The molecule has 1 heterocycles. The lowest BCUT2D eigenvalue weighted by atomic mass is 9.96. The first-order valence-corrected chi connectivity index (χ1v) is 4.65. The predicted octanol–water partition coefficient (Wildman–Crippen LogP) is 0.260. The van der Waals surface area contributed by atoms with Gasteiger partial charge in [0, 0.05) is 18.9 Å². The number of aromatic amines is 1. The lowest BCUT2D eigenvalue weighted by Crippen LogP contribution is -2.45. The van der Waals surface area contributed by atoms with Crippen molar-refractivity contribution in [3.63, 3.8) is 0 Å². The molecule has 3 N–H and O–H groups in total. The van der Waals surface area contributed by atoms with Crippen LogP contribution < -0.4 is 11.4 Å². The second-order valence-corrected chi connectivity index (χ2v) is 3.97. The number of nitrogens with zero attached hydrogens (tertiary/aromatic N) is 1. The summed E-state index contributed by atoms with van der Waals surface area (Å²) in [7, 11) is 0. The second kappa shape index (κ2) is 2.73. The van der Waals surface area contributed by atoms with Crippen LogP contribution in [0.4, 0.5) is 0 Å². The van der Waals surface area contributed by atoms with Crippen LogP contribution in [0.3, 0.4) is 0 Å². The van der Waals surface area contributed by atoms with Crippen LogP contribution in [0.25, 0.3) is 0 Å². The highest BCUT2D eigenvalue weighted by Gasteiger charge is 2.42. The maximum atomic E-state index is 11.4. The van der Waals surface area contributed by atoms with Crippen LogP contribution in [0.5, 0.6) is 0 Å². The molecule has 0 saturated heterocycles. The van der Waals surface area contributed by atoms with Crippen LogP contribution in [-0.4, -0.2) is 16.1 Å². The van der Waals surface area contributed by atoms with Gasteiger partial charge in [0.15, 0.2) is 0 Å². The smallest absolute Gasteiger partial charge is 0.326 e. The van der Waals surface area contributed by atoms with Gasteiger partial charge in [0.05, 0.1) is 5.54 Å². The van der Waals surface area contributed by atoms with Crippen molar-refractivity contribution < 1.29 is 0 Å². The number of hydrogen-bond donors (Lipinski definition) is 2. The van der Waals surface area contributed by atoms with E-state index >= 15 is 0 Å². The van der Waals surface area contributed by atoms with E-state index in [-0.39, 0.29) is 11.2 Å². The summed E-state index contributed by atoms with van der Waals surface area (Å²) in [6.07, 6.45) is 5.82. The van der Waals surface area contributed by atoms with E-state index in [0.717, 1.165) is 0 Å². The highest BCUT2D eigenvalue weighted by molar-refractivity contribution is 4.99. The topological polar surface area (TPSA) is 63.8 Å². The number of hydrogen-bond acceptors (Lipinski definition) is 2. The highest BCUT2D eigenvalue weighted by atomic mass is 16.1. The average molecular weight is 181 g/mol. The van der Waals surface area contributed by atoms with Gasteiger partial charge < -0.3 is 10.7 Å². The zero-order valence-corrected chi connectivity index (χ0v) is 7.79. The van der Waals surface area contributed by atoms with Crippen molar-refractivity contribution in [2.45, 2.75) is 25.3 Å². The molecule has 1 aliphatic rings. The van der Waals surface area contributed by atoms with E-state index in [1.165, 1.54) is 12.8 Å². The van der Waals surface area contributed by atoms with Gasteiger partial charge in [-0.3, -0.25) is 4.57 Å². The van der Waals surface area contributed by atoms with Crippen molar-refractivity contribution in [2.75, 3.05) is 6.54 Å². The molecule has 13 heavy (non-hydrogen) atoms. The SMILES string of the molecule is CC(CN)(C1CC1)n1cc[nH]c1=O. The molecule has 1 aliphatic carbocycles. The van der Waals surface area contributed by atoms with Crippen LogP contribution in [-0.2, 0) is 5.54 Å². The maximum absolute atomic E-state index is 11.4. The van der Waals surface area contributed by atoms with E-state index in [1.807, 2.05) is 0 Å². The molecule has 2 rings (SSSR count). The van der Waals surface area contributed by atoms with Gasteiger partial charge in [0.1, 0.15) is 0 Å². The summed E-state index contributed by atoms with van der Waals surface area (Å²) in [6.45, 7) is 2.58. The fourth-order valence-corrected chi connectivity index (χ4v) is 1.89. The van der Waals surface area contributed by atoms with E-state index in [0.29, 0.717) is 12.5 Å². The molecule has 1 aromatic rings. The fourth-order valence-electron chi connectivity index (χ4n) is 1.89. The number of H-pyrrole nitrogens is 1. The monoisotopic (exact) mass is 181 g/mol. The molecule has 0 aliphatic heterocycles. The molecule has 0 radical (unpaired) electrons. The normalized spacial score (nSPS) is 21.4. The van der Waals surface area contributed by atoms with Crippen molar-refractivity contribution in [3.8, 4) is 0 Å². The van der Waals surface area contributed by atoms with Crippen molar-refractivity contribution in [1.82, 2.24) is 9.55 Å². The second-order valence-electron chi connectivity index (χ2n) is 3.97. The molecular formula is C9H15N3O.